The zero-order valence-corrected chi connectivity index (χ0v) is 11.5. The van der Waals surface area contributed by atoms with E-state index in [0.29, 0.717) is 0 Å². The van der Waals surface area contributed by atoms with Gasteiger partial charge in [-0.3, -0.25) is 4.98 Å². The van der Waals surface area contributed by atoms with Crippen molar-refractivity contribution in [3.05, 3.63) is 41.0 Å². The highest BCUT2D eigenvalue weighted by atomic mass is 35.5. The van der Waals surface area contributed by atoms with Crippen LogP contribution in [-0.2, 0) is 0 Å². The number of aromatic nitrogens is 1. The number of hydrogen-bond acceptors (Lipinski definition) is 1. The highest BCUT2D eigenvalue weighted by Gasteiger charge is 1.98. The molecule has 0 N–H and O–H groups in total. The van der Waals surface area contributed by atoms with Crippen LogP contribution in [0.5, 0.6) is 0 Å². The molecule has 0 aliphatic carbocycles. The van der Waals surface area contributed by atoms with E-state index in [2.05, 4.69) is 4.98 Å². The van der Waals surface area contributed by atoms with E-state index in [1.165, 1.54) is 0 Å². The fraction of sp³-hybridized carbons (Fsp3) is 0.357. The van der Waals surface area contributed by atoms with Gasteiger partial charge >= 0.3 is 0 Å². The Labute approximate surface area is 103 Å². The number of halogens is 1. The van der Waals surface area contributed by atoms with Crippen molar-refractivity contribution in [3.63, 3.8) is 0 Å². The molecule has 16 heavy (non-hydrogen) atoms. The van der Waals surface area contributed by atoms with Crippen molar-refractivity contribution in [2.24, 2.45) is 0 Å². The lowest BCUT2D eigenvalue weighted by atomic mass is 10.2. The van der Waals surface area contributed by atoms with Crippen molar-refractivity contribution in [1.82, 2.24) is 4.98 Å². The molecule has 2 heteroatoms. The Morgan fingerprint density at radius 1 is 1.06 bits per heavy atom. The Morgan fingerprint density at radius 3 is 2.31 bits per heavy atom. The summed E-state index contributed by atoms with van der Waals surface area (Å²) in [6, 6.07) is 7.79. The van der Waals surface area contributed by atoms with Crippen LogP contribution < -0.4 is 0 Å². The predicted molar refractivity (Wildman–Crippen MR) is 74.2 cm³/mol. The van der Waals surface area contributed by atoms with E-state index in [1.807, 2.05) is 65.1 Å². The second kappa shape index (κ2) is 8.12. The molecule has 2 rings (SSSR count). The molecule has 1 aromatic carbocycles. The zero-order chi connectivity index (χ0) is 12.6. The molecule has 1 nitrogen and oxygen atoms in total. The molecule has 0 amide bonds. The number of nitrogens with zero attached hydrogens (tertiary/aromatic N) is 1. The molecular formula is C14H20ClN. The molecule has 0 aliphatic heterocycles. The Morgan fingerprint density at radius 2 is 1.69 bits per heavy atom. The maximum Gasteiger partial charge on any atom is 0.0717 e. The van der Waals surface area contributed by atoms with Crippen molar-refractivity contribution in [1.29, 1.82) is 0 Å². The smallest absolute Gasteiger partial charge is 0.0717 e. The Kier molecular flexibility index (Phi) is 7.57. The Hall–Kier alpha value is -1.08. The van der Waals surface area contributed by atoms with Crippen molar-refractivity contribution >= 4 is 22.5 Å². The molecule has 1 heterocycles. The third-order valence-corrected chi connectivity index (χ3v) is 2.14. The number of benzene rings is 1. The first-order valence-corrected chi connectivity index (χ1v) is 6.16. The number of aryl methyl sites for hydroxylation is 1. The second-order valence-corrected chi connectivity index (χ2v) is 3.23. The second-order valence-electron chi connectivity index (χ2n) is 2.82. The topological polar surface area (TPSA) is 12.9 Å². The van der Waals surface area contributed by atoms with Gasteiger partial charge in [0.05, 0.1) is 5.52 Å². The first-order valence-electron chi connectivity index (χ1n) is 5.78. The van der Waals surface area contributed by atoms with Crippen LogP contribution in [0.15, 0.2) is 30.5 Å². The van der Waals surface area contributed by atoms with Gasteiger partial charge < -0.3 is 0 Å². The van der Waals surface area contributed by atoms with Gasteiger partial charge in [0.2, 0.25) is 0 Å². The van der Waals surface area contributed by atoms with Gasteiger partial charge in [-0.15, -0.1) is 0 Å². The SMILES string of the molecule is CC.CC.Cc1cnc2cccc(Cl)c2c1. The lowest BCUT2D eigenvalue weighted by Gasteiger charge is -1.99. The average Bonchev–Trinajstić information content (AvgIpc) is 2.35. The standard InChI is InChI=1S/C10H8ClN.2C2H6/c1-7-5-8-9(11)3-2-4-10(8)12-6-7;2*1-2/h2-6H,1H3;2*1-2H3. The van der Waals surface area contributed by atoms with Gasteiger partial charge in [0, 0.05) is 16.6 Å². The van der Waals surface area contributed by atoms with Crippen LogP contribution >= 0.6 is 11.6 Å². The summed E-state index contributed by atoms with van der Waals surface area (Å²) < 4.78 is 0. The quantitative estimate of drug-likeness (QED) is 0.610. The summed E-state index contributed by atoms with van der Waals surface area (Å²) in [5.74, 6) is 0. The fourth-order valence-electron chi connectivity index (χ4n) is 1.22. The largest absolute Gasteiger partial charge is 0.256 e. The van der Waals surface area contributed by atoms with E-state index < -0.39 is 0 Å². The summed E-state index contributed by atoms with van der Waals surface area (Å²) in [6.45, 7) is 10.0. The Balaban J connectivity index is 0.000000509. The fourth-order valence-corrected chi connectivity index (χ4v) is 1.44. The van der Waals surface area contributed by atoms with Crippen LogP contribution in [0.3, 0.4) is 0 Å². The maximum atomic E-state index is 5.99. The van der Waals surface area contributed by atoms with E-state index >= 15 is 0 Å². The van der Waals surface area contributed by atoms with Crippen LogP contribution in [0.1, 0.15) is 33.3 Å². The van der Waals surface area contributed by atoms with Crippen LogP contribution in [0, 0.1) is 6.92 Å². The van der Waals surface area contributed by atoms with E-state index in [9.17, 15) is 0 Å². The molecule has 0 saturated carbocycles. The number of pyridine rings is 1. The zero-order valence-electron chi connectivity index (χ0n) is 10.7. The molecular weight excluding hydrogens is 218 g/mol. The van der Waals surface area contributed by atoms with Gasteiger partial charge in [-0.1, -0.05) is 45.4 Å². The number of hydrogen-bond donors (Lipinski definition) is 0. The maximum absolute atomic E-state index is 5.99. The molecule has 0 bridgehead atoms. The summed E-state index contributed by atoms with van der Waals surface area (Å²) >= 11 is 5.99. The van der Waals surface area contributed by atoms with Crippen LogP contribution in [0.25, 0.3) is 10.9 Å². The molecule has 0 atom stereocenters. The van der Waals surface area contributed by atoms with Crippen molar-refractivity contribution < 1.29 is 0 Å². The first-order chi connectivity index (χ1) is 7.77. The highest BCUT2D eigenvalue weighted by Crippen LogP contribution is 2.21. The summed E-state index contributed by atoms with van der Waals surface area (Å²) in [6.07, 6.45) is 1.85. The average molecular weight is 238 g/mol. The minimum atomic E-state index is 0.767. The minimum absolute atomic E-state index is 0.767. The summed E-state index contributed by atoms with van der Waals surface area (Å²) in [5, 5.41) is 1.79. The van der Waals surface area contributed by atoms with E-state index in [-0.39, 0.29) is 0 Å². The summed E-state index contributed by atoms with van der Waals surface area (Å²) in [5.41, 5.74) is 2.09. The van der Waals surface area contributed by atoms with Crippen molar-refractivity contribution in [2.75, 3.05) is 0 Å². The lowest BCUT2D eigenvalue weighted by molar-refractivity contribution is 1.33. The first kappa shape index (κ1) is 14.9. The molecule has 0 radical (unpaired) electrons. The molecule has 0 saturated heterocycles. The number of rotatable bonds is 0. The normalized spacial score (nSPS) is 8.62. The third-order valence-electron chi connectivity index (χ3n) is 1.81. The monoisotopic (exact) mass is 237 g/mol. The van der Waals surface area contributed by atoms with Crippen molar-refractivity contribution in [2.45, 2.75) is 34.6 Å². The van der Waals surface area contributed by atoms with E-state index in [0.717, 1.165) is 21.5 Å². The van der Waals surface area contributed by atoms with Gasteiger partial charge in [-0.2, -0.15) is 0 Å². The molecule has 0 fully saturated rings. The number of fused-ring (bicyclic) bond motifs is 1. The van der Waals surface area contributed by atoms with Gasteiger partial charge in [-0.05, 0) is 30.7 Å². The van der Waals surface area contributed by atoms with E-state index in [4.69, 9.17) is 11.6 Å². The molecule has 88 valence electrons. The molecule has 0 spiro atoms. The van der Waals surface area contributed by atoms with Crippen molar-refractivity contribution in [3.8, 4) is 0 Å². The van der Waals surface area contributed by atoms with Gasteiger partial charge in [-0.25, -0.2) is 0 Å². The van der Waals surface area contributed by atoms with E-state index in [1.54, 1.807) is 0 Å². The summed E-state index contributed by atoms with van der Waals surface area (Å²) in [7, 11) is 0. The Bertz CT molecular complexity index is 424. The van der Waals surface area contributed by atoms with Crippen LogP contribution in [0.4, 0.5) is 0 Å². The van der Waals surface area contributed by atoms with Gasteiger partial charge in [0.15, 0.2) is 0 Å². The molecule has 0 unspecified atom stereocenters. The molecule has 0 aliphatic rings. The van der Waals surface area contributed by atoms with Crippen LogP contribution in [-0.4, -0.2) is 4.98 Å². The molecule has 1 aromatic heterocycles. The van der Waals surface area contributed by atoms with Gasteiger partial charge in [0.25, 0.3) is 0 Å². The van der Waals surface area contributed by atoms with Crippen LogP contribution in [0.2, 0.25) is 5.02 Å². The molecule has 2 aromatic rings. The lowest BCUT2D eigenvalue weighted by Crippen LogP contribution is -1.80. The minimum Gasteiger partial charge on any atom is -0.256 e. The van der Waals surface area contributed by atoms with Gasteiger partial charge in [0.1, 0.15) is 0 Å². The predicted octanol–water partition coefficient (Wildman–Crippen LogP) is 5.25. The third kappa shape index (κ3) is 3.82. The summed E-state index contributed by atoms with van der Waals surface area (Å²) in [4.78, 5) is 4.26. The highest BCUT2D eigenvalue weighted by molar-refractivity contribution is 6.35.